The number of piperidine rings is 1. The summed E-state index contributed by atoms with van der Waals surface area (Å²) in [6.07, 6.45) is 4.04. The largest absolute Gasteiger partial charge is 0.508 e. The van der Waals surface area contributed by atoms with Gasteiger partial charge in [-0.1, -0.05) is 24.0 Å². The summed E-state index contributed by atoms with van der Waals surface area (Å²) in [4.78, 5) is 2.48. The van der Waals surface area contributed by atoms with Gasteiger partial charge in [0.1, 0.15) is 5.75 Å². The predicted octanol–water partition coefficient (Wildman–Crippen LogP) is 0.855. The lowest BCUT2D eigenvalue weighted by Gasteiger charge is -2.25. The fourth-order valence-corrected chi connectivity index (χ4v) is 1.98. The van der Waals surface area contributed by atoms with Crippen molar-refractivity contribution in [3.8, 4) is 5.75 Å². The lowest BCUT2D eigenvalue weighted by atomic mass is 9.79. The monoisotopic (exact) mass is 189 g/mol. The first-order valence-electron chi connectivity index (χ1n) is 5.35. The van der Waals surface area contributed by atoms with Crippen molar-refractivity contribution in [2.45, 2.75) is 19.3 Å². The van der Waals surface area contributed by atoms with E-state index in [1.807, 2.05) is 12.1 Å². The summed E-state index contributed by atoms with van der Waals surface area (Å²) >= 11 is 0. The molecule has 1 N–H and O–H groups in total. The van der Waals surface area contributed by atoms with E-state index in [0.29, 0.717) is 5.75 Å². The number of aromatic hydroxyl groups is 1. The van der Waals surface area contributed by atoms with Gasteiger partial charge in [0.25, 0.3) is 0 Å². The molecular weight excluding hydrogens is 173 g/mol. The Kier molecular flexibility index (Phi) is 3.09. The van der Waals surface area contributed by atoms with Crippen LogP contribution in [0.3, 0.4) is 0 Å². The molecule has 1 heterocycles. The van der Waals surface area contributed by atoms with E-state index >= 15 is 0 Å². The van der Waals surface area contributed by atoms with Crippen LogP contribution in [-0.2, 0) is 0 Å². The van der Waals surface area contributed by atoms with Crippen LogP contribution in [0.25, 0.3) is 0 Å². The number of benzene rings is 1. The minimum Gasteiger partial charge on any atom is -0.508 e. The van der Waals surface area contributed by atoms with E-state index in [0.717, 1.165) is 7.41 Å². The first kappa shape index (κ1) is 9.59. The molecule has 0 atom stereocenters. The first-order chi connectivity index (χ1) is 6.84. The molecule has 0 bridgehead atoms. The number of phenolic OH excluding ortho intramolecular Hbond substituents is 1. The Hall–Kier alpha value is -0.955. The molecule has 14 heavy (non-hydrogen) atoms. The summed E-state index contributed by atoms with van der Waals surface area (Å²) in [6, 6.07) is 7.53. The number of nitrogens with zero attached hydrogens (tertiary/aromatic N) is 1. The maximum atomic E-state index is 9.15. The summed E-state index contributed by atoms with van der Waals surface area (Å²) in [5, 5.41) is 9.15. The van der Waals surface area contributed by atoms with E-state index in [1.165, 1.54) is 37.8 Å². The zero-order chi connectivity index (χ0) is 9.80. The van der Waals surface area contributed by atoms with Gasteiger partial charge in [0.05, 0.1) is 0 Å². The van der Waals surface area contributed by atoms with Gasteiger partial charge in [0.15, 0.2) is 0 Å². The number of hydrogen-bond donors (Lipinski definition) is 1. The fraction of sp³-hybridized carbons (Fsp3) is 0.455. The summed E-state index contributed by atoms with van der Waals surface area (Å²) in [5.41, 5.74) is 1.30. The second-order valence-corrected chi connectivity index (χ2v) is 4.00. The molecule has 74 valence electrons. The topological polar surface area (TPSA) is 23.5 Å². The molecule has 0 aromatic heterocycles. The molecule has 1 saturated heterocycles. The van der Waals surface area contributed by atoms with E-state index in [2.05, 4.69) is 4.81 Å². The third-order valence-corrected chi connectivity index (χ3v) is 2.79. The lowest BCUT2D eigenvalue weighted by Crippen LogP contribution is -2.39. The second-order valence-electron chi connectivity index (χ2n) is 4.00. The van der Waals surface area contributed by atoms with Crippen LogP contribution >= 0.6 is 0 Å². The van der Waals surface area contributed by atoms with Gasteiger partial charge in [0.2, 0.25) is 7.41 Å². The van der Waals surface area contributed by atoms with Crippen molar-refractivity contribution in [1.29, 1.82) is 0 Å². The smallest absolute Gasteiger partial charge is 0.238 e. The average Bonchev–Trinajstić information content (AvgIpc) is 2.23. The van der Waals surface area contributed by atoms with Gasteiger partial charge in [-0.25, -0.2) is 0 Å². The Morgan fingerprint density at radius 1 is 1.00 bits per heavy atom. The van der Waals surface area contributed by atoms with Crippen molar-refractivity contribution in [3.63, 3.8) is 0 Å². The molecule has 1 aliphatic heterocycles. The third kappa shape index (κ3) is 2.52. The van der Waals surface area contributed by atoms with E-state index in [-0.39, 0.29) is 0 Å². The highest BCUT2D eigenvalue weighted by Gasteiger charge is 2.11. The highest BCUT2D eigenvalue weighted by Crippen LogP contribution is 2.08. The van der Waals surface area contributed by atoms with Crippen molar-refractivity contribution in [2.24, 2.45) is 0 Å². The molecule has 1 aromatic carbocycles. The van der Waals surface area contributed by atoms with E-state index in [1.54, 1.807) is 12.1 Å². The number of rotatable bonds is 2. The van der Waals surface area contributed by atoms with Crippen LogP contribution in [-0.4, -0.2) is 30.4 Å². The van der Waals surface area contributed by atoms with Crippen molar-refractivity contribution >= 4 is 12.9 Å². The van der Waals surface area contributed by atoms with E-state index in [4.69, 9.17) is 5.11 Å². The van der Waals surface area contributed by atoms with Crippen LogP contribution in [0.4, 0.5) is 0 Å². The van der Waals surface area contributed by atoms with Gasteiger partial charge in [-0.15, -0.1) is 0 Å². The predicted molar refractivity (Wildman–Crippen MR) is 60.3 cm³/mol. The maximum absolute atomic E-state index is 9.15. The van der Waals surface area contributed by atoms with Crippen LogP contribution in [0.15, 0.2) is 24.3 Å². The zero-order valence-electron chi connectivity index (χ0n) is 8.45. The maximum Gasteiger partial charge on any atom is 0.238 e. The Morgan fingerprint density at radius 2 is 1.64 bits per heavy atom. The molecule has 0 aliphatic carbocycles. The number of hydrogen-bond acceptors (Lipinski definition) is 2. The van der Waals surface area contributed by atoms with Crippen LogP contribution in [0.5, 0.6) is 5.75 Å². The summed E-state index contributed by atoms with van der Waals surface area (Å²) in [7, 11) is 1.03. The standard InChI is InChI=1S/C11H16BNO/c14-11-6-4-10(5-7-11)12-13-8-2-1-3-9-13/h4-7,12,14H,1-3,8-9H2. The Morgan fingerprint density at radius 3 is 2.29 bits per heavy atom. The van der Waals surface area contributed by atoms with Gasteiger partial charge in [-0.05, 0) is 38.1 Å². The van der Waals surface area contributed by atoms with Crippen LogP contribution in [0, 0.1) is 0 Å². The lowest BCUT2D eigenvalue weighted by molar-refractivity contribution is 0.363. The van der Waals surface area contributed by atoms with Crippen LogP contribution in [0.2, 0.25) is 0 Å². The number of phenols is 1. The molecule has 1 aliphatic rings. The summed E-state index contributed by atoms with van der Waals surface area (Å²) in [6.45, 7) is 2.45. The van der Waals surface area contributed by atoms with Crippen LogP contribution in [0.1, 0.15) is 19.3 Å². The molecule has 0 amide bonds. The average molecular weight is 189 g/mol. The highest BCUT2D eigenvalue weighted by molar-refractivity contribution is 6.50. The Labute approximate surface area is 85.8 Å². The highest BCUT2D eigenvalue weighted by atomic mass is 16.3. The zero-order valence-corrected chi connectivity index (χ0v) is 8.45. The second kappa shape index (κ2) is 4.51. The van der Waals surface area contributed by atoms with Crippen molar-refractivity contribution < 1.29 is 5.11 Å². The molecule has 2 rings (SSSR count). The minimum absolute atomic E-state index is 0.354. The molecular formula is C11H16BNO. The summed E-state index contributed by atoms with van der Waals surface area (Å²) in [5.74, 6) is 0.354. The Balaban J connectivity index is 1.92. The van der Waals surface area contributed by atoms with E-state index < -0.39 is 0 Å². The Bertz CT molecular complexity index is 280. The fourth-order valence-electron chi connectivity index (χ4n) is 1.98. The van der Waals surface area contributed by atoms with Crippen molar-refractivity contribution in [3.05, 3.63) is 24.3 Å². The molecule has 0 radical (unpaired) electrons. The van der Waals surface area contributed by atoms with Gasteiger partial charge >= 0.3 is 0 Å². The van der Waals surface area contributed by atoms with Crippen LogP contribution < -0.4 is 5.46 Å². The minimum atomic E-state index is 0.354. The molecule has 0 saturated carbocycles. The molecule has 0 unspecified atom stereocenters. The van der Waals surface area contributed by atoms with Gasteiger partial charge < -0.3 is 9.92 Å². The molecule has 3 heteroatoms. The van der Waals surface area contributed by atoms with Crippen molar-refractivity contribution in [1.82, 2.24) is 4.81 Å². The normalized spacial score (nSPS) is 18.0. The van der Waals surface area contributed by atoms with Gasteiger partial charge in [0, 0.05) is 0 Å². The van der Waals surface area contributed by atoms with Gasteiger partial charge in [-0.3, -0.25) is 0 Å². The van der Waals surface area contributed by atoms with Gasteiger partial charge in [-0.2, -0.15) is 0 Å². The quantitative estimate of drug-likeness (QED) is 0.697. The SMILES string of the molecule is Oc1ccc(BN2CCCCC2)cc1. The molecule has 1 aromatic rings. The third-order valence-electron chi connectivity index (χ3n) is 2.79. The summed E-state index contributed by atoms with van der Waals surface area (Å²) < 4.78 is 0. The molecule has 0 spiro atoms. The molecule has 2 nitrogen and oxygen atoms in total. The first-order valence-corrected chi connectivity index (χ1v) is 5.35. The van der Waals surface area contributed by atoms with Crippen molar-refractivity contribution in [2.75, 3.05) is 13.1 Å². The molecule has 1 fully saturated rings. The van der Waals surface area contributed by atoms with E-state index in [9.17, 15) is 0 Å².